The molecular weight excluding hydrogens is 599 g/mol. The van der Waals surface area contributed by atoms with E-state index in [9.17, 15) is 9.59 Å². The molecule has 0 spiro atoms. The van der Waals surface area contributed by atoms with Gasteiger partial charge in [-0.15, -0.1) is 0 Å². The molecular formula is C32H24Cl2N8O2. The van der Waals surface area contributed by atoms with Gasteiger partial charge in [-0.2, -0.15) is 30.4 Å². The SMILES string of the molecule is CC1=NN(c2ccccc2)C(=O)C1=NNc1ccc(-c2ccc(NN=C3C(=O)N(c4ccccc4)N=C3C)c(Cl)c2)cc1Cl. The summed E-state index contributed by atoms with van der Waals surface area (Å²) >= 11 is 13.1. The molecule has 4 aromatic rings. The van der Waals surface area contributed by atoms with E-state index in [-0.39, 0.29) is 23.2 Å². The number of nitrogens with one attached hydrogen (secondary N) is 2. The second-order valence-electron chi connectivity index (χ2n) is 9.81. The summed E-state index contributed by atoms with van der Waals surface area (Å²) in [5.41, 5.74) is 11.1. The predicted molar refractivity (Wildman–Crippen MR) is 178 cm³/mol. The first kappa shape index (κ1) is 28.8. The third-order valence-electron chi connectivity index (χ3n) is 6.82. The lowest BCUT2D eigenvalue weighted by Gasteiger charge is -2.11. The van der Waals surface area contributed by atoms with Crippen LogP contribution in [-0.4, -0.2) is 34.7 Å². The van der Waals surface area contributed by atoms with Gasteiger partial charge in [-0.25, -0.2) is 0 Å². The maximum absolute atomic E-state index is 12.9. The quantitative estimate of drug-likeness (QED) is 0.215. The Balaban J connectivity index is 1.14. The van der Waals surface area contributed by atoms with Crippen LogP contribution in [0.5, 0.6) is 0 Å². The molecule has 2 heterocycles. The first-order valence-electron chi connectivity index (χ1n) is 13.5. The molecule has 0 radical (unpaired) electrons. The molecule has 0 bridgehead atoms. The maximum atomic E-state index is 12.9. The zero-order valence-corrected chi connectivity index (χ0v) is 25.0. The number of amides is 2. The van der Waals surface area contributed by atoms with E-state index in [1.165, 1.54) is 10.0 Å². The van der Waals surface area contributed by atoms with Crippen LogP contribution in [-0.2, 0) is 9.59 Å². The second-order valence-corrected chi connectivity index (χ2v) is 10.6. The van der Waals surface area contributed by atoms with Crippen molar-refractivity contribution in [1.82, 2.24) is 0 Å². The van der Waals surface area contributed by atoms with Crippen LogP contribution in [0, 0.1) is 0 Å². The zero-order valence-electron chi connectivity index (χ0n) is 23.5. The highest BCUT2D eigenvalue weighted by atomic mass is 35.5. The highest BCUT2D eigenvalue weighted by molar-refractivity contribution is 6.72. The van der Waals surface area contributed by atoms with E-state index in [4.69, 9.17) is 23.2 Å². The number of hydrazone groups is 4. The molecule has 12 heteroatoms. The minimum atomic E-state index is -0.337. The van der Waals surface area contributed by atoms with Gasteiger partial charge in [-0.05, 0) is 73.5 Å². The molecule has 0 atom stereocenters. The standard InChI is InChI=1S/C32H24Cl2N8O2/c1-19-29(31(43)41(39-19)23-9-5-3-6-10-23)37-35-27-15-13-21(17-25(27)33)22-14-16-28(26(34)18-22)36-38-30-20(2)40-42(32(30)44)24-11-7-4-8-12-24/h3-18,35-36H,1-2H3. The van der Waals surface area contributed by atoms with Gasteiger partial charge >= 0.3 is 11.8 Å². The number of carbonyl (C=O) groups excluding carboxylic acids is 2. The van der Waals surface area contributed by atoms with Crippen molar-refractivity contribution in [3.05, 3.63) is 107 Å². The van der Waals surface area contributed by atoms with Crippen molar-refractivity contribution in [1.29, 1.82) is 0 Å². The molecule has 2 aliphatic rings. The van der Waals surface area contributed by atoms with Crippen LogP contribution in [0.25, 0.3) is 11.1 Å². The molecule has 2 N–H and O–H groups in total. The molecule has 0 fully saturated rings. The highest BCUT2D eigenvalue weighted by Gasteiger charge is 2.31. The Labute approximate surface area is 263 Å². The van der Waals surface area contributed by atoms with Crippen molar-refractivity contribution < 1.29 is 9.59 Å². The number of halogens is 2. The van der Waals surface area contributed by atoms with Gasteiger partial charge in [0.2, 0.25) is 0 Å². The third-order valence-corrected chi connectivity index (χ3v) is 7.45. The highest BCUT2D eigenvalue weighted by Crippen LogP contribution is 2.33. The van der Waals surface area contributed by atoms with Gasteiger partial charge < -0.3 is 0 Å². The van der Waals surface area contributed by atoms with Crippen molar-refractivity contribution in [2.75, 3.05) is 20.9 Å². The minimum Gasteiger partial charge on any atom is -0.276 e. The molecule has 0 unspecified atom stereocenters. The van der Waals surface area contributed by atoms with Gasteiger partial charge in [0.15, 0.2) is 11.4 Å². The van der Waals surface area contributed by atoms with Crippen LogP contribution < -0.4 is 20.9 Å². The Kier molecular flexibility index (Phi) is 7.93. The fourth-order valence-corrected chi connectivity index (χ4v) is 4.99. The lowest BCUT2D eigenvalue weighted by Crippen LogP contribution is -2.27. The van der Waals surface area contributed by atoms with E-state index in [0.717, 1.165) is 11.1 Å². The Bertz CT molecular complexity index is 1770. The molecule has 44 heavy (non-hydrogen) atoms. The van der Waals surface area contributed by atoms with Crippen molar-refractivity contribution in [2.45, 2.75) is 13.8 Å². The van der Waals surface area contributed by atoms with Gasteiger partial charge in [0, 0.05) is 0 Å². The fourth-order valence-electron chi connectivity index (χ4n) is 4.54. The molecule has 2 amide bonds. The number of para-hydroxylation sites is 2. The van der Waals surface area contributed by atoms with Crippen LogP contribution in [0.3, 0.4) is 0 Å². The van der Waals surface area contributed by atoms with Crippen LogP contribution >= 0.6 is 23.2 Å². The molecule has 4 aromatic carbocycles. The van der Waals surface area contributed by atoms with Crippen LogP contribution in [0.2, 0.25) is 10.0 Å². The molecule has 218 valence electrons. The van der Waals surface area contributed by atoms with E-state index >= 15 is 0 Å². The van der Waals surface area contributed by atoms with Gasteiger partial charge in [0.25, 0.3) is 0 Å². The molecule has 2 aliphatic heterocycles. The Morgan fingerprint density at radius 3 is 1.34 bits per heavy atom. The Hall–Kier alpha value is -5.32. The number of hydrogen-bond acceptors (Lipinski definition) is 8. The van der Waals surface area contributed by atoms with Crippen molar-refractivity contribution in [3.8, 4) is 11.1 Å². The zero-order chi connectivity index (χ0) is 30.8. The number of carbonyl (C=O) groups is 2. The molecule has 0 saturated heterocycles. The molecule has 0 aliphatic carbocycles. The normalized spacial score (nSPS) is 16.5. The van der Waals surface area contributed by atoms with Crippen molar-refractivity contribution >= 4 is 80.6 Å². The summed E-state index contributed by atoms with van der Waals surface area (Å²) in [6, 6.07) is 29.1. The summed E-state index contributed by atoms with van der Waals surface area (Å²) in [6.07, 6.45) is 0. The first-order valence-corrected chi connectivity index (χ1v) is 14.2. The number of benzene rings is 4. The van der Waals surface area contributed by atoms with Crippen molar-refractivity contribution in [3.63, 3.8) is 0 Å². The largest absolute Gasteiger partial charge is 0.301 e. The lowest BCUT2D eigenvalue weighted by atomic mass is 10.0. The van der Waals surface area contributed by atoms with E-state index in [1.807, 2.05) is 48.5 Å². The van der Waals surface area contributed by atoms with E-state index < -0.39 is 0 Å². The van der Waals surface area contributed by atoms with Gasteiger partial charge in [0.1, 0.15) is 0 Å². The Morgan fingerprint density at radius 2 is 0.977 bits per heavy atom. The smallest absolute Gasteiger partial charge is 0.276 e. The lowest BCUT2D eigenvalue weighted by molar-refractivity contribution is -0.112. The fraction of sp³-hybridized carbons (Fsp3) is 0.0625. The maximum Gasteiger partial charge on any atom is 0.301 e. The van der Waals surface area contributed by atoms with Gasteiger partial charge in [-0.3, -0.25) is 20.4 Å². The van der Waals surface area contributed by atoms with Crippen molar-refractivity contribution in [2.24, 2.45) is 20.4 Å². The first-order chi connectivity index (χ1) is 21.3. The number of anilines is 4. The van der Waals surface area contributed by atoms with Crippen LogP contribution in [0.15, 0.2) is 117 Å². The van der Waals surface area contributed by atoms with Crippen LogP contribution in [0.4, 0.5) is 22.7 Å². The number of hydrogen-bond donors (Lipinski definition) is 2. The van der Waals surface area contributed by atoms with Crippen LogP contribution in [0.1, 0.15) is 13.8 Å². The topological polar surface area (TPSA) is 114 Å². The summed E-state index contributed by atoms with van der Waals surface area (Å²) in [7, 11) is 0. The average molecular weight is 624 g/mol. The number of rotatable bonds is 7. The van der Waals surface area contributed by atoms with E-state index in [2.05, 4.69) is 31.3 Å². The monoisotopic (exact) mass is 622 g/mol. The van der Waals surface area contributed by atoms with Gasteiger partial charge in [0.05, 0.1) is 44.2 Å². The Morgan fingerprint density at radius 1 is 0.591 bits per heavy atom. The van der Waals surface area contributed by atoms with E-state index in [0.29, 0.717) is 44.2 Å². The average Bonchev–Trinajstić information content (AvgIpc) is 3.49. The summed E-state index contributed by atoms with van der Waals surface area (Å²) in [4.78, 5) is 25.8. The van der Waals surface area contributed by atoms with E-state index in [1.54, 1.807) is 62.4 Å². The number of nitrogens with zero attached hydrogens (tertiary/aromatic N) is 6. The minimum absolute atomic E-state index is 0.195. The summed E-state index contributed by atoms with van der Waals surface area (Å²) < 4.78 is 0. The van der Waals surface area contributed by atoms with Gasteiger partial charge in [-0.1, -0.05) is 71.7 Å². The third kappa shape index (κ3) is 5.68. The molecule has 10 nitrogen and oxygen atoms in total. The summed E-state index contributed by atoms with van der Waals surface area (Å²) in [5, 5.41) is 20.7. The molecule has 6 rings (SSSR count). The predicted octanol–water partition coefficient (Wildman–Crippen LogP) is 7.04. The summed E-state index contributed by atoms with van der Waals surface area (Å²) in [6.45, 7) is 3.44. The molecule has 0 aromatic heterocycles. The summed E-state index contributed by atoms with van der Waals surface area (Å²) in [5.74, 6) is -0.675. The molecule has 0 saturated carbocycles. The second kappa shape index (κ2) is 12.1.